The van der Waals surface area contributed by atoms with Crippen molar-refractivity contribution in [2.45, 2.75) is 19.4 Å². The molecular weight excluding hydrogens is 330 g/mol. The molecule has 0 aliphatic carbocycles. The number of halogens is 1. The van der Waals surface area contributed by atoms with Crippen LogP contribution in [-0.2, 0) is 24.8 Å². The van der Waals surface area contributed by atoms with Crippen LogP contribution in [0.25, 0.3) is 11.3 Å². The second-order valence-corrected chi connectivity index (χ2v) is 5.70. The quantitative estimate of drug-likeness (QED) is 0.741. The fraction of sp³-hybridized carbons (Fsp3) is 0.250. The van der Waals surface area contributed by atoms with E-state index in [1.807, 2.05) is 25.2 Å². The van der Waals surface area contributed by atoms with Crippen molar-refractivity contribution in [2.24, 2.45) is 7.05 Å². The number of carbonyl (C=O) groups excluding carboxylic acids is 1. The van der Waals surface area contributed by atoms with Crippen molar-refractivity contribution >= 4 is 17.5 Å². The Hall–Kier alpha value is -2.67. The summed E-state index contributed by atoms with van der Waals surface area (Å²) in [5.41, 5.74) is 1.44. The maximum Gasteiger partial charge on any atom is 0.220 e. The van der Waals surface area contributed by atoms with Gasteiger partial charge < -0.3 is 14.4 Å². The summed E-state index contributed by atoms with van der Waals surface area (Å²) in [4.78, 5) is 11.9. The second kappa shape index (κ2) is 7.27. The molecule has 24 heavy (non-hydrogen) atoms. The molecule has 2 aromatic heterocycles. The van der Waals surface area contributed by atoms with Crippen LogP contribution in [0, 0.1) is 0 Å². The van der Waals surface area contributed by atoms with E-state index in [-0.39, 0.29) is 12.5 Å². The van der Waals surface area contributed by atoms with Gasteiger partial charge in [0.25, 0.3) is 0 Å². The Bertz CT molecular complexity index is 842. The Morgan fingerprint density at radius 1 is 1.38 bits per heavy atom. The van der Waals surface area contributed by atoms with E-state index in [4.69, 9.17) is 16.1 Å². The topological polar surface area (TPSA) is 85.8 Å². The number of aryl methyl sites for hydroxylation is 2. The zero-order chi connectivity index (χ0) is 16.9. The van der Waals surface area contributed by atoms with Crippen molar-refractivity contribution in [3.63, 3.8) is 0 Å². The number of nitrogens with one attached hydrogen (secondary N) is 1. The molecule has 0 bridgehead atoms. The maximum atomic E-state index is 11.9. The molecule has 0 fully saturated rings. The summed E-state index contributed by atoms with van der Waals surface area (Å²) in [5.74, 6) is 1.25. The van der Waals surface area contributed by atoms with E-state index in [2.05, 4.69) is 20.7 Å². The van der Waals surface area contributed by atoms with Gasteiger partial charge in [0.15, 0.2) is 5.76 Å². The molecule has 0 saturated carbocycles. The van der Waals surface area contributed by atoms with Gasteiger partial charge in [-0.25, -0.2) is 0 Å². The van der Waals surface area contributed by atoms with Gasteiger partial charge in [0, 0.05) is 31.5 Å². The van der Waals surface area contributed by atoms with Gasteiger partial charge in [-0.2, -0.15) is 0 Å². The van der Waals surface area contributed by atoms with Gasteiger partial charge in [0.2, 0.25) is 5.91 Å². The van der Waals surface area contributed by atoms with Gasteiger partial charge in [-0.3, -0.25) is 4.79 Å². The summed E-state index contributed by atoms with van der Waals surface area (Å²) >= 11 is 6.13. The first-order chi connectivity index (χ1) is 11.6. The first kappa shape index (κ1) is 16.2. The van der Waals surface area contributed by atoms with Crippen LogP contribution in [-0.4, -0.2) is 25.8 Å². The minimum Gasteiger partial charge on any atom is -0.359 e. The minimum atomic E-state index is -0.0892. The Labute approximate surface area is 143 Å². The molecule has 0 aliphatic rings. The predicted octanol–water partition coefficient (Wildman–Crippen LogP) is 2.37. The van der Waals surface area contributed by atoms with Crippen LogP contribution in [0.3, 0.4) is 0 Å². The molecule has 3 aromatic rings. The molecule has 1 N–H and O–H groups in total. The van der Waals surface area contributed by atoms with Crippen molar-refractivity contribution in [3.8, 4) is 11.3 Å². The monoisotopic (exact) mass is 345 g/mol. The fourth-order valence-corrected chi connectivity index (χ4v) is 2.46. The van der Waals surface area contributed by atoms with E-state index in [9.17, 15) is 4.79 Å². The van der Waals surface area contributed by atoms with Crippen LogP contribution in [0.15, 0.2) is 41.2 Å². The first-order valence-corrected chi connectivity index (χ1v) is 7.81. The number of benzene rings is 1. The van der Waals surface area contributed by atoms with E-state index < -0.39 is 0 Å². The van der Waals surface area contributed by atoms with Crippen molar-refractivity contribution in [1.29, 1.82) is 0 Å². The highest BCUT2D eigenvalue weighted by atomic mass is 35.5. The SMILES string of the molecule is Cn1cnnc1CCC(=O)NCc1cc(-c2ccccc2Cl)no1. The number of aromatic nitrogens is 4. The summed E-state index contributed by atoms with van der Waals surface area (Å²) in [6, 6.07) is 9.15. The largest absolute Gasteiger partial charge is 0.359 e. The third kappa shape index (κ3) is 3.80. The van der Waals surface area contributed by atoms with Gasteiger partial charge in [0.05, 0.1) is 11.6 Å². The molecule has 2 heterocycles. The molecular formula is C16H16ClN5O2. The maximum absolute atomic E-state index is 11.9. The Morgan fingerprint density at radius 3 is 2.96 bits per heavy atom. The van der Waals surface area contributed by atoms with Gasteiger partial charge in [0.1, 0.15) is 17.8 Å². The minimum absolute atomic E-state index is 0.0892. The van der Waals surface area contributed by atoms with Crippen LogP contribution in [0.5, 0.6) is 0 Å². The molecule has 1 aromatic carbocycles. The molecule has 124 valence electrons. The van der Waals surface area contributed by atoms with Crippen molar-refractivity contribution in [2.75, 3.05) is 0 Å². The number of rotatable bonds is 6. The van der Waals surface area contributed by atoms with Crippen LogP contribution in [0.1, 0.15) is 18.0 Å². The highest BCUT2D eigenvalue weighted by Gasteiger charge is 2.11. The summed E-state index contributed by atoms with van der Waals surface area (Å²) < 4.78 is 7.04. The lowest BCUT2D eigenvalue weighted by Gasteiger charge is -2.02. The molecule has 0 radical (unpaired) electrons. The average Bonchev–Trinajstić information content (AvgIpc) is 3.20. The number of nitrogens with zero attached hydrogens (tertiary/aromatic N) is 4. The van der Waals surface area contributed by atoms with Gasteiger partial charge >= 0.3 is 0 Å². The molecule has 7 nitrogen and oxygen atoms in total. The van der Waals surface area contributed by atoms with Crippen LogP contribution in [0.2, 0.25) is 5.02 Å². The van der Waals surface area contributed by atoms with Crippen molar-refractivity contribution in [3.05, 3.63) is 53.3 Å². The molecule has 8 heteroatoms. The second-order valence-electron chi connectivity index (χ2n) is 5.29. The summed E-state index contributed by atoms with van der Waals surface area (Å²) in [7, 11) is 1.85. The Balaban J connectivity index is 1.53. The smallest absolute Gasteiger partial charge is 0.220 e. The van der Waals surface area contributed by atoms with E-state index in [1.54, 1.807) is 23.0 Å². The normalized spacial score (nSPS) is 10.8. The average molecular weight is 346 g/mol. The van der Waals surface area contributed by atoms with Gasteiger partial charge in [-0.15, -0.1) is 10.2 Å². The first-order valence-electron chi connectivity index (χ1n) is 7.43. The van der Waals surface area contributed by atoms with Crippen LogP contribution in [0.4, 0.5) is 0 Å². The zero-order valence-electron chi connectivity index (χ0n) is 13.1. The van der Waals surface area contributed by atoms with Crippen molar-refractivity contribution < 1.29 is 9.32 Å². The van der Waals surface area contributed by atoms with E-state index in [0.29, 0.717) is 29.3 Å². The lowest BCUT2D eigenvalue weighted by atomic mass is 10.1. The highest BCUT2D eigenvalue weighted by molar-refractivity contribution is 6.33. The third-order valence-electron chi connectivity index (χ3n) is 3.55. The molecule has 0 unspecified atom stereocenters. The predicted molar refractivity (Wildman–Crippen MR) is 88.1 cm³/mol. The number of hydrogen-bond donors (Lipinski definition) is 1. The van der Waals surface area contributed by atoms with Crippen molar-refractivity contribution in [1.82, 2.24) is 25.2 Å². The van der Waals surface area contributed by atoms with Crippen LogP contribution >= 0.6 is 11.6 Å². The Morgan fingerprint density at radius 2 is 2.21 bits per heavy atom. The van der Waals surface area contributed by atoms with Gasteiger partial charge in [-0.1, -0.05) is 35.0 Å². The molecule has 3 rings (SSSR count). The molecule has 0 aliphatic heterocycles. The standard InChI is InChI=1S/C16H16ClN5O2/c1-22-10-19-20-15(22)6-7-16(23)18-9-11-8-14(21-24-11)12-4-2-3-5-13(12)17/h2-5,8,10H,6-7,9H2,1H3,(H,18,23). The molecule has 0 atom stereocenters. The summed E-state index contributed by atoms with van der Waals surface area (Å²) in [6.45, 7) is 0.273. The molecule has 0 saturated heterocycles. The summed E-state index contributed by atoms with van der Waals surface area (Å²) in [6.07, 6.45) is 2.47. The van der Waals surface area contributed by atoms with E-state index in [1.165, 1.54) is 0 Å². The summed E-state index contributed by atoms with van der Waals surface area (Å²) in [5, 5.41) is 15.1. The number of amides is 1. The highest BCUT2D eigenvalue weighted by Crippen LogP contribution is 2.26. The molecule has 1 amide bonds. The zero-order valence-corrected chi connectivity index (χ0v) is 13.8. The molecule has 0 spiro atoms. The van der Waals surface area contributed by atoms with Gasteiger partial charge in [-0.05, 0) is 6.07 Å². The van der Waals surface area contributed by atoms with E-state index >= 15 is 0 Å². The lowest BCUT2D eigenvalue weighted by molar-refractivity contribution is -0.121. The Kier molecular flexibility index (Phi) is 4.90. The van der Waals surface area contributed by atoms with E-state index in [0.717, 1.165) is 11.4 Å². The van der Waals surface area contributed by atoms with Crippen LogP contribution < -0.4 is 5.32 Å². The lowest BCUT2D eigenvalue weighted by Crippen LogP contribution is -2.23. The number of hydrogen-bond acceptors (Lipinski definition) is 5. The fourth-order valence-electron chi connectivity index (χ4n) is 2.23. The number of carbonyl (C=O) groups is 1. The third-order valence-corrected chi connectivity index (χ3v) is 3.88.